The molecule has 0 aromatic carbocycles. The average molecular weight is 231 g/mol. The van der Waals surface area contributed by atoms with Gasteiger partial charge in [-0.1, -0.05) is 11.8 Å². The van der Waals surface area contributed by atoms with Crippen molar-refractivity contribution in [1.82, 2.24) is 10.6 Å². The number of thioether (sulfide) groups is 1. The van der Waals surface area contributed by atoms with Gasteiger partial charge in [0, 0.05) is 6.54 Å². The van der Waals surface area contributed by atoms with E-state index in [9.17, 15) is 9.59 Å². The zero-order valence-corrected chi connectivity index (χ0v) is 9.13. The second kappa shape index (κ2) is 5.59. The number of carbonyl (C=O) groups excluding carboxylic acids is 1. The Hall–Kier alpha value is -1.24. The fraction of sp³-hybridized carbons (Fsp3) is 0.625. The molecule has 1 rings (SSSR count). The van der Waals surface area contributed by atoms with Crippen LogP contribution in [-0.4, -0.2) is 47.0 Å². The summed E-state index contributed by atoms with van der Waals surface area (Å²) in [5.41, 5.74) is 0. The average Bonchev–Trinajstić information content (AvgIpc) is 2.66. The highest BCUT2D eigenvalue weighted by atomic mass is 32.2. The number of hydrogen-bond donors (Lipinski definition) is 3. The quantitative estimate of drug-likeness (QED) is 0.593. The van der Waals surface area contributed by atoms with Crippen LogP contribution >= 0.6 is 11.8 Å². The fourth-order valence-corrected chi connectivity index (χ4v) is 1.69. The van der Waals surface area contributed by atoms with Crippen molar-refractivity contribution in [2.45, 2.75) is 13.0 Å². The molecule has 0 saturated carbocycles. The molecule has 0 fully saturated rings. The maximum absolute atomic E-state index is 11.2. The van der Waals surface area contributed by atoms with Gasteiger partial charge in [-0.05, 0) is 6.92 Å². The topological polar surface area (TPSA) is 90.8 Å². The van der Waals surface area contributed by atoms with Gasteiger partial charge in [-0.3, -0.25) is 14.6 Å². The number of amides is 1. The van der Waals surface area contributed by atoms with Crippen LogP contribution in [0.2, 0.25) is 0 Å². The summed E-state index contributed by atoms with van der Waals surface area (Å²) in [6.07, 6.45) is 0. The van der Waals surface area contributed by atoms with E-state index >= 15 is 0 Å². The molecule has 1 unspecified atom stereocenters. The summed E-state index contributed by atoms with van der Waals surface area (Å²) in [4.78, 5) is 25.8. The highest BCUT2D eigenvalue weighted by Gasteiger charge is 2.15. The summed E-state index contributed by atoms with van der Waals surface area (Å²) < 4.78 is 0. The van der Waals surface area contributed by atoms with E-state index in [2.05, 4.69) is 15.6 Å². The van der Waals surface area contributed by atoms with Gasteiger partial charge in [-0.2, -0.15) is 0 Å². The van der Waals surface area contributed by atoms with Crippen LogP contribution in [0.3, 0.4) is 0 Å². The summed E-state index contributed by atoms with van der Waals surface area (Å²) >= 11 is 1.28. The van der Waals surface area contributed by atoms with Crippen molar-refractivity contribution >= 4 is 28.8 Å². The lowest BCUT2D eigenvalue weighted by molar-refractivity contribution is -0.140. The van der Waals surface area contributed by atoms with E-state index in [0.717, 1.165) is 18.3 Å². The van der Waals surface area contributed by atoms with E-state index in [1.807, 2.05) is 0 Å². The van der Waals surface area contributed by atoms with Crippen LogP contribution in [0.4, 0.5) is 0 Å². The van der Waals surface area contributed by atoms with Crippen LogP contribution in [0, 0.1) is 0 Å². The molecule has 6 nitrogen and oxygen atoms in total. The molecule has 1 atom stereocenters. The van der Waals surface area contributed by atoms with Crippen molar-refractivity contribution in [3.05, 3.63) is 0 Å². The zero-order valence-electron chi connectivity index (χ0n) is 8.32. The molecule has 3 N–H and O–H groups in total. The third-order valence-electron chi connectivity index (χ3n) is 1.73. The Labute approximate surface area is 91.5 Å². The Kier molecular flexibility index (Phi) is 4.41. The molecule has 0 saturated heterocycles. The van der Waals surface area contributed by atoms with Crippen LogP contribution in [0.15, 0.2) is 4.99 Å². The summed E-state index contributed by atoms with van der Waals surface area (Å²) in [6.45, 7) is 2.96. The Bertz CT molecular complexity index is 293. The second-order valence-electron chi connectivity index (χ2n) is 3.03. The Morgan fingerprint density at radius 2 is 2.47 bits per heavy atom. The first kappa shape index (κ1) is 11.8. The predicted octanol–water partition coefficient (Wildman–Crippen LogP) is -0.732. The largest absolute Gasteiger partial charge is 0.480 e. The van der Waals surface area contributed by atoms with E-state index < -0.39 is 12.0 Å². The molecule has 1 aliphatic heterocycles. The number of nitrogens with one attached hydrogen (secondary N) is 2. The lowest BCUT2D eigenvalue weighted by Crippen LogP contribution is -2.39. The molecular formula is C8H13N3O3S. The number of nitrogens with zero attached hydrogens (tertiary/aromatic N) is 1. The van der Waals surface area contributed by atoms with Crippen LogP contribution in [0.1, 0.15) is 6.92 Å². The molecule has 0 radical (unpaired) electrons. The van der Waals surface area contributed by atoms with Crippen molar-refractivity contribution in [2.24, 2.45) is 4.99 Å². The van der Waals surface area contributed by atoms with Gasteiger partial charge >= 0.3 is 5.97 Å². The Balaban J connectivity index is 2.21. The summed E-state index contributed by atoms with van der Waals surface area (Å²) in [5, 5.41) is 14.7. The van der Waals surface area contributed by atoms with Crippen molar-refractivity contribution in [3.8, 4) is 0 Å². The minimum absolute atomic E-state index is 0.184. The third kappa shape index (κ3) is 4.20. The third-order valence-corrected chi connectivity index (χ3v) is 2.68. The second-order valence-corrected chi connectivity index (χ2v) is 3.99. The van der Waals surface area contributed by atoms with Crippen LogP contribution in [-0.2, 0) is 9.59 Å². The lowest BCUT2D eigenvalue weighted by atomic mass is 10.3. The molecule has 1 amide bonds. The Morgan fingerprint density at radius 3 is 3.00 bits per heavy atom. The molecule has 0 aliphatic carbocycles. The van der Waals surface area contributed by atoms with E-state index in [1.54, 1.807) is 0 Å². The molecule has 0 bridgehead atoms. The van der Waals surface area contributed by atoms with Crippen LogP contribution in [0.5, 0.6) is 0 Å². The minimum Gasteiger partial charge on any atom is -0.480 e. The highest BCUT2D eigenvalue weighted by Crippen LogP contribution is 2.04. The SMILES string of the molecule is CC(NC(=O)CSC1=NCCN1)C(=O)O. The first-order valence-corrected chi connectivity index (χ1v) is 5.51. The molecule has 7 heteroatoms. The van der Waals surface area contributed by atoms with Crippen LogP contribution < -0.4 is 10.6 Å². The van der Waals surface area contributed by atoms with Gasteiger partial charge in [-0.25, -0.2) is 0 Å². The minimum atomic E-state index is -1.04. The van der Waals surface area contributed by atoms with Crippen molar-refractivity contribution in [3.63, 3.8) is 0 Å². The molecule has 1 aliphatic rings. The fourth-order valence-electron chi connectivity index (χ4n) is 0.952. The van der Waals surface area contributed by atoms with Crippen molar-refractivity contribution in [2.75, 3.05) is 18.8 Å². The number of aliphatic imine (C=N–C) groups is 1. The predicted molar refractivity (Wildman–Crippen MR) is 58.0 cm³/mol. The van der Waals surface area contributed by atoms with E-state index in [4.69, 9.17) is 5.11 Å². The van der Waals surface area contributed by atoms with Crippen molar-refractivity contribution < 1.29 is 14.7 Å². The Morgan fingerprint density at radius 1 is 1.73 bits per heavy atom. The van der Waals surface area contributed by atoms with Gasteiger partial charge in [0.05, 0.1) is 12.3 Å². The molecule has 0 aromatic rings. The standard InChI is InChI=1S/C8H13N3O3S/c1-5(7(13)14)11-6(12)4-15-8-9-2-3-10-8/h5H,2-4H2,1H3,(H,9,10)(H,11,12)(H,13,14). The van der Waals surface area contributed by atoms with Gasteiger partial charge in [0.25, 0.3) is 0 Å². The molecule has 1 heterocycles. The van der Waals surface area contributed by atoms with Crippen LogP contribution in [0.25, 0.3) is 0 Å². The number of amidine groups is 1. The maximum Gasteiger partial charge on any atom is 0.325 e. The van der Waals surface area contributed by atoms with Crippen molar-refractivity contribution in [1.29, 1.82) is 0 Å². The first-order chi connectivity index (χ1) is 7.09. The smallest absolute Gasteiger partial charge is 0.325 e. The summed E-state index contributed by atoms with van der Waals surface area (Å²) in [5.74, 6) is -1.15. The number of hydrogen-bond acceptors (Lipinski definition) is 5. The summed E-state index contributed by atoms with van der Waals surface area (Å²) in [6, 6.07) is -0.850. The number of carbonyl (C=O) groups is 2. The van der Waals surface area contributed by atoms with Gasteiger partial charge in [0.1, 0.15) is 6.04 Å². The van der Waals surface area contributed by atoms with Gasteiger partial charge in [0.2, 0.25) is 5.91 Å². The molecule has 0 aromatic heterocycles. The number of carboxylic acid groups (broad SMARTS) is 1. The highest BCUT2D eigenvalue weighted by molar-refractivity contribution is 8.14. The number of rotatable bonds is 4. The van der Waals surface area contributed by atoms with E-state index in [0.29, 0.717) is 0 Å². The van der Waals surface area contributed by atoms with Gasteiger partial charge < -0.3 is 15.7 Å². The molecule has 84 valence electrons. The number of aliphatic carboxylic acids is 1. The molecule has 0 spiro atoms. The number of carboxylic acids is 1. The van der Waals surface area contributed by atoms with Gasteiger partial charge in [0.15, 0.2) is 5.17 Å². The zero-order chi connectivity index (χ0) is 11.3. The molecular weight excluding hydrogens is 218 g/mol. The molecule has 15 heavy (non-hydrogen) atoms. The van der Waals surface area contributed by atoms with E-state index in [1.165, 1.54) is 18.7 Å². The monoisotopic (exact) mass is 231 g/mol. The van der Waals surface area contributed by atoms with Gasteiger partial charge in [-0.15, -0.1) is 0 Å². The first-order valence-electron chi connectivity index (χ1n) is 4.53. The van der Waals surface area contributed by atoms with E-state index in [-0.39, 0.29) is 11.7 Å². The normalized spacial score (nSPS) is 16.5. The summed E-state index contributed by atoms with van der Waals surface area (Å²) in [7, 11) is 0. The lowest BCUT2D eigenvalue weighted by Gasteiger charge is -2.08. The maximum atomic E-state index is 11.2.